The highest BCUT2D eigenvalue weighted by Gasteiger charge is 2.34. The second kappa shape index (κ2) is 15.6. The fourth-order valence-electron chi connectivity index (χ4n) is 5.04. The average Bonchev–Trinajstić information content (AvgIpc) is 2.99. The average molecular weight is 624 g/mol. The molecule has 10 heteroatoms. The normalized spacial score (nSPS) is 11.9. The first-order chi connectivity index (χ1) is 20.9. The summed E-state index contributed by atoms with van der Waals surface area (Å²) < 4.78 is 40.4. The van der Waals surface area contributed by atoms with Crippen molar-refractivity contribution < 1.29 is 27.5 Å². The third-order valence-electron chi connectivity index (χ3n) is 7.41. The number of aryl methyl sites for hydroxylation is 3. The topological polar surface area (TPSA) is 105 Å². The van der Waals surface area contributed by atoms with E-state index < -0.39 is 28.5 Å². The third kappa shape index (κ3) is 8.53. The van der Waals surface area contributed by atoms with Crippen LogP contribution in [0.1, 0.15) is 55.4 Å². The Morgan fingerprint density at radius 1 is 0.841 bits per heavy atom. The Morgan fingerprint density at radius 3 is 2.05 bits per heavy atom. The highest BCUT2D eigenvalue weighted by Crippen LogP contribution is 2.33. The molecule has 0 spiro atoms. The van der Waals surface area contributed by atoms with Gasteiger partial charge in [0.05, 0.1) is 24.8 Å². The van der Waals surface area contributed by atoms with Crippen molar-refractivity contribution in [2.45, 2.75) is 71.4 Å². The van der Waals surface area contributed by atoms with Crippen molar-refractivity contribution in [1.29, 1.82) is 0 Å². The molecule has 2 amide bonds. The lowest BCUT2D eigenvalue weighted by molar-refractivity contribution is -0.140. The van der Waals surface area contributed by atoms with Gasteiger partial charge in [0.2, 0.25) is 11.8 Å². The first-order valence-corrected chi connectivity index (χ1v) is 16.3. The number of carbonyl (C=O) groups is 2. The van der Waals surface area contributed by atoms with Crippen LogP contribution < -0.4 is 19.1 Å². The smallest absolute Gasteiger partial charge is 0.264 e. The molecular formula is C34H45N3O6S. The molecule has 0 aliphatic heterocycles. The van der Waals surface area contributed by atoms with Crippen molar-refractivity contribution in [3.05, 3.63) is 82.9 Å². The van der Waals surface area contributed by atoms with Gasteiger partial charge < -0.3 is 19.7 Å². The van der Waals surface area contributed by atoms with Gasteiger partial charge in [-0.1, -0.05) is 56.2 Å². The van der Waals surface area contributed by atoms with Gasteiger partial charge in [0.1, 0.15) is 12.6 Å². The molecule has 0 aromatic heterocycles. The summed E-state index contributed by atoms with van der Waals surface area (Å²) in [7, 11) is -1.37. The molecule has 3 rings (SSSR count). The molecule has 0 radical (unpaired) electrons. The number of unbranched alkanes of at least 4 members (excludes halogenated alkanes) is 1. The van der Waals surface area contributed by atoms with E-state index in [2.05, 4.69) is 5.32 Å². The lowest BCUT2D eigenvalue weighted by Gasteiger charge is -2.33. The predicted molar refractivity (Wildman–Crippen MR) is 174 cm³/mol. The van der Waals surface area contributed by atoms with E-state index in [-0.39, 0.29) is 23.1 Å². The van der Waals surface area contributed by atoms with Crippen molar-refractivity contribution in [3.63, 3.8) is 0 Å². The minimum atomic E-state index is -4.27. The van der Waals surface area contributed by atoms with Crippen LogP contribution in [-0.4, -0.2) is 58.5 Å². The van der Waals surface area contributed by atoms with Crippen molar-refractivity contribution in [2.24, 2.45) is 0 Å². The number of ether oxygens (including phenoxy) is 2. The Bertz CT molecular complexity index is 1520. The molecule has 238 valence electrons. The van der Waals surface area contributed by atoms with Crippen LogP contribution in [0, 0.1) is 20.8 Å². The van der Waals surface area contributed by atoms with Crippen molar-refractivity contribution in [3.8, 4) is 11.5 Å². The summed E-state index contributed by atoms with van der Waals surface area (Å²) >= 11 is 0. The highest BCUT2D eigenvalue weighted by molar-refractivity contribution is 7.92. The first-order valence-electron chi connectivity index (χ1n) is 14.9. The molecule has 1 N–H and O–H groups in total. The molecular weight excluding hydrogens is 578 g/mol. The SMILES string of the molecule is CCCCNC(=O)C(CC)N(Cc1ccc(C)cc1)C(=O)CN(c1cc(C)cc(C)c1)S(=O)(=O)c1ccc(OC)c(OC)c1. The van der Waals surface area contributed by atoms with Gasteiger partial charge >= 0.3 is 0 Å². The first kappa shape index (κ1) is 34.4. The van der Waals surface area contributed by atoms with E-state index >= 15 is 0 Å². The summed E-state index contributed by atoms with van der Waals surface area (Å²) in [5, 5.41) is 2.95. The molecule has 0 bridgehead atoms. The summed E-state index contributed by atoms with van der Waals surface area (Å²) in [5.41, 5.74) is 3.94. The highest BCUT2D eigenvalue weighted by atomic mass is 32.2. The van der Waals surface area contributed by atoms with Crippen LogP contribution in [0.25, 0.3) is 0 Å². The lowest BCUT2D eigenvalue weighted by Crippen LogP contribution is -2.52. The molecule has 1 unspecified atom stereocenters. The molecule has 0 saturated carbocycles. The Labute approximate surface area is 262 Å². The Balaban J connectivity index is 2.11. The van der Waals surface area contributed by atoms with E-state index in [1.807, 2.05) is 65.0 Å². The summed E-state index contributed by atoms with van der Waals surface area (Å²) in [6.45, 7) is 9.75. The van der Waals surface area contributed by atoms with Crippen LogP contribution >= 0.6 is 0 Å². The minimum absolute atomic E-state index is 0.0588. The fourth-order valence-corrected chi connectivity index (χ4v) is 6.46. The zero-order chi connectivity index (χ0) is 32.4. The minimum Gasteiger partial charge on any atom is -0.493 e. The van der Waals surface area contributed by atoms with Crippen molar-refractivity contribution in [2.75, 3.05) is 31.6 Å². The largest absolute Gasteiger partial charge is 0.493 e. The van der Waals surface area contributed by atoms with Crippen LogP contribution in [0.3, 0.4) is 0 Å². The van der Waals surface area contributed by atoms with Crippen molar-refractivity contribution in [1.82, 2.24) is 10.2 Å². The van der Waals surface area contributed by atoms with Crippen LogP contribution in [0.5, 0.6) is 11.5 Å². The lowest BCUT2D eigenvalue weighted by atomic mass is 10.1. The Morgan fingerprint density at radius 2 is 1.48 bits per heavy atom. The molecule has 0 aliphatic rings. The van der Waals surface area contributed by atoms with E-state index in [1.165, 1.54) is 37.3 Å². The maximum absolute atomic E-state index is 14.3. The van der Waals surface area contributed by atoms with E-state index in [1.54, 1.807) is 12.1 Å². The molecule has 0 heterocycles. The maximum atomic E-state index is 14.3. The van der Waals surface area contributed by atoms with Gasteiger partial charge in [-0.15, -0.1) is 0 Å². The van der Waals surface area contributed by atoms with Gasteiger partial charge in [-0.3, -0.25) is 13.9 Å². The molecule has 0 fully saturated rings. The fraction of sp³-hybridized carbons (Fsp3) is 0.412. The van der Waals surface area contributed by atoms with Gasteiger partial charge in [-0.25, -0.2) is 8.42 Å². The number of hydrogen-bond acceptors (Lipinski definition) is 6. The molecule has 1 atom stereocenters. The van der Waals surface area contributed by atoms with Gasteiger partial charge in [0, 0.05) is 19.2 Å². The number of rotatable bonds is 15. The second-order valence-corrected chi connectivity index (χ2v) is 12.8. The van der Waals surface area contributed by atoms with E-state index in [4.69, 9.17) is 9.47 Å². The summed E-state index contributed by atoms with van der Waals surface area (Å²) in [6, 6.07) is 16.7. The molecule has 3 aromatic rings. The molecule has 44 heavy (non-hydrogen) atoms. The number of amides is 2. The monoisotopic (exact) mass is 623 g/mol. The molecule has 3 aromatic carbocycles. The maximum Gasteiger partial charge on any atom is 0.264 e. The van der Waals surface area contributed by atoms with Crippen LogP contribution in [-0.2, 0) is 26.2 Å². The van der Waals surface area contributed by atoms with Crippen LogP contribution in [0.4, 0.5) is 5.69 Å². The summed E-state index contributed by atoms with van der Waals surface area (Å²) in [4.78, 5) is 29.1. The quantitative estimate of drug-likeness (QED) is 0.223. The summed E-state index contributed by atoms with van der Waals surface area (Å²) in [5.74, 6) is -0.130. The molecule has 0 aliphatic carbocycles. The van der Waals surface area contributed by atoms with Gasteiger partial charge in [-0.05, 0) is 74.6 Å². The van der Waals surface area contributed by atoms with Crippen LogP contribution in [0.2, 0.25) is 0 Å². The number of benzene rings is 3. The van der Waals surface area contributed by atoms with Crippen molar-refractivity contribution >= 4 is 27.5 Å². The van der Waals surface area contributed by atoms with E-state index in [0.717, 1.165) is 39.4 Å². The molecule has 0 saturated heterocycles. The number of hydrogen-bond donors (Lipinski definition) is 1. The van der Waals surface area contributed by atoms with Gasteiger partial charge in [0.15, 0.2) is 11.5 Å². The number of nitrogens with zero attached hydrogens (tertiary/aromatic N) is 2. The number of sulfonamides is 1. The zero-order valence-corrected chi connectivity index (χ0v) is 27.7. The second-order valence-electron chi connectivity index (χ2n) is 11.0. The zero-order valence-electron chi connectivity index (χ0n) is 26.8. The van der Waals surface area contributed by atoms with Gasteiger partial charge in [0.25, 0.3) is 10.0 Å². The third-order valence-corrected chi connectivity index (χ3v) is 9.18. The van der Waals surface area contributed by atoms with Gasteiger partial charge in [-0.2, -0.15) is 0 Å². The number of nitrogens with one attached hydrogen (secondary N) is 1. The standard InChI is InChI=1S/C34H45N3O6S/c1-8-10-17-35-34(39)30(9-2)36(22-27-13-11-24(3)12-14-27)33(38)23-37(28-19-25(4)18-26(5)20-28)44(40,41)29-15-16-31(42-6)32(21-29)43-7/h11-16,18-21,30H,8-10,17,22-23H2,1-7H3,(H,35,39). The Hall–Kier alpha value is -4.05. The summed E-state index contributed by atoms with van der Waals surface area (Å²) in [6.07, 6.45) is 2.10. The molecule has 9 nitrogen and oxygen atoms in total. The number of carbonyl (C=O) groups excluding carboxylic acids is 2. The van der Waals surface area contributed by atoms with E-state index in [0.29, 0.717) is 24.4 Å². The Kier molecular flexibility index (Phi) is 12.2. The van der Waals surface area contributed by atoms with E-state index in [9.17, 15) is 18.0 Å². The number of methoxy groups -OCH3 is 2. The predicted octanol–water partition coefficient (Wildman–Crippen LogP) is 5.55. The number of anilines is 1. The van der Waals surface area contributed by atoms with Crippen LogP contribution in [0.15, 0.2) is 65.6 Å².